The fourth-order valence-corrected chi connectivity index (χ4v) is 2.06. The molecular weight excluding hydrogens is 212 g/mol. The second kappa shape index (κ2) is 4.90. The molecule has 0 saturated carbocycles. The molecule has 1 aromatic carbocycles. The van der Waals surface area contributed by atoms with Gasteiger partial charge in [0.25, 0.3) is 0 Å². The first-order chi connectivity index (χ1) is 6.62. The van der Waals surface area contributed by atoms with Gasteiger partial charge < -0.3 is 0 Å². The Morgan fingerprint density at radius 3 is 2.79 bits per heavy atom. The minimum atomic E-state index is -0.250. The van der Waals surface area contributed by atoms with Gasteiger partial charge in [-0.25, -0.2) is 0 Å². The first-order valence-corrected chi connectivity index (χ1v) is 5.57. The molecule has 76 valence electrons. The minimum absolute atomic E-state index is 0.250. The average molecular weight is 227 g/mol. The molecule has 0 aromatic heterocycles. The molecule has 0 amide bonds. The molecule has 1 aromatic rings. The quantitative estimate of drug-likeness (QED) is 0.569. The fourth-order valence-electron chi connectivity index (χ4n) is 1.50. The lowest BCUT2D eigenvalue weighted by atomic mass is 9.93. The Kier molecular flexibility index (Phi) is 4.09. The van der Waals surface area contributed by atoms with Crippen molar-refractivity contribution in [3.8, 4) is 0 Å². The van der Waals surface area contributed by atoms with Crippen molar-refractivity contribution in [3.05, 3.63) is 47.5 Å². The number of halogens is 1. The first-order valence-electron chi connectivity index (χ1n) is 4.74. The Balaban J connectivity index is 3.05. The van der Waals surface area contributed by atoms with Gasteiger partial charge in [0.1, 0.15) is 0 Å². The van der Waals surface area contributed by atoms with Crippen LogP contribution in [0.5, 0.6) is 0 Å². The van der Waals surface area contributed by atoms with Gasteiger partial charge in [-0.15, -0.1) is 6.58 Å². The lowest BCUT2D eigenvalue weighted by Gasteiger charge is -2.24. The first kappa shape index (κ1) is 11.7. The van der Waals surface area contributed by atoms with Crippen LogP contribution in [0.25, 0.3) is 0 Å². The fraction of sp³-hybridized carbons (Fsp3) is 0.333. The van der Waals surface area contributed by atoms with Crippen molar-refractivity contribution in [1.82, 2.24) is 0 Å². The van der Waals surface area contributed by atoms with E-state index in [1.165, 1.54) is 0 Å². The molecule has 0 heterocycles. The lowest BCUT2D eigenvalue weighted by Crippen LogP contribution is -2.14. The summed E-state index contributed by atoms with van der Waals surface area (Å²) in [5.74, 6) is 0. The van der Waals surface area contributed by atoms with Crippen molar-refractivity contribution in [1.29, 1.82) is 0 Å². The summed E-state index contributed by atoms with van der Waals surface area (Å²) < 4.78 is -0.250. The number of hydrogen-bond acceptors (Lipinski definition) is 1. The van der Waals surface area contributed by atoms with Crippen molar-refractivity contribution in [2.75, 3.05) is 0 Å². The van der Waals surface area contributed by atoms with Gasteiger partial charge in [-0.1, -0.05) is 43.2 Å². The molecule has 0 aliphatic heterocycles. The molecule has 14 heavy (non-hydrogen) atoms. The van der Waals surface area contributed by atoms with Crippen molar-refractivity contribution in [2.24, 2.45) is 0 Å². The van der Waals surface area contributed by atoms with E-state index in [9.17, 15) is 0 Å². The summed E-state index contributed by atoms with van der Waals surface area (Å²) in [5.41, 5.74) is 1.12. The minimum Gasteiger partial charge on any atom is -0.163 e. The smallest absolute Gasteiger partial charge is 0.0555 e. The van der Waals surface area contributed by atoms with E-state index in [1.54, 1.807) is 0 Å². The van der Waals surface area contributed by atoms with Crippen LogP contribution in [-0.4, -0.2) is 0 Å². The van der Waals surface area contributed by atoms with E-state index in [0.717, 1.165) is 23.4 Å². The molecule has 1 atom stereocenters. The Bertz CT molecular complexity index is 322. The molecule has 0 radical (unpaired) electrons. The van der Waals surface area contributed by atoms with Crippen LogP contribution in [0.15, 0.2) is 36.9 Å². The summed E-state index contributed by atoms with van der Waals surface area (Å²) in [6, 6.07) is 7.80. The number of benzene rings is 1. The number of thiol groups is 1. The van der Waals surface area contributed by atoms with Gasteiger partial charge in [0.05, 0.1) is 4.75 Å². The van der Waals surface area contributed by atoms with Gasteiger partial charge in [-0.2, -0.15) is 12.6 Å². The molecule has 0 bridgehead atoms. The molecule has 2 heteroatoms. The second-order valence-electron chi connectivity index (χ2n) is 3.39. The van der Waals surface area contributed by atoms with E-state index in [2.05, 4.69) is 26.1 Å². The molecule has 0 aliphatic rings. The van der Waals surface area contributed by atoms with Crippen LogP contribution in [0.2, 0.25) is 5.02 Å². The van der Waals surface area contributed by atoms with Crippen LogP contribution >= 0.6 is 24.2 Å². The molecule has 0 spiro atoms. The lowest BCUT2D eigenvalue weighted by molar-refractivity contribution is 0.671. The van der Waals surface area contributed by atoms with Crippen LogP contribution in [0.3, 0.4) is 0 Å². The highest BCUT2D eigenvalue weighted by Crippen LogP contribution is 2.35. The number of hydrogen-bond donors (Lipinski definition) is 1. The second-order valence-corrected chi connectivity index (χ2v) is 4.62. The molecule has 0 N–H and O–H groups in total. The molecule has 1 rings (SSSR count). The van der Waals surface area contributed by atoms with E-state index in [1.807, 2.05) is 30.3 Å². The molecule has 0 fully saturated rings. The van der Waals surface area contributed by atoms with Gasteiger partial charge >= 0.3 is 0 Å². The Morgan fingerprint density at radius 1 is 1.57 bits per heavy atom. The van der Waals surface area contributed by atoms with Crippen LogP contribution in [-0.2, 0) is 4.75 Å². The summed E-state index contributed by atoms with van der Waals surface area (Å²) in [4.78, 5) is 0. The highest BCUT2D eigenvalue weighted by atomic mass is 35.5. The summed E-state index contributed by atoms with van der Waals surface area (Å²) in [7, 11) is 0. The molecule has 0 unspecified atom stereocenters. The monoisotopic (exact) mass is 226 g/mol. The predicted octanol–water partition coefficient (Wildman–Crippen LogP) is 4.45. The third kappa shape index (κ3) is 2.55. The highest BCUT2D eigenvalue weighted by Gasteiger charge is 2.22. The largest absolute Gasteiger partial charge is 0.163 e. The third-order valence-electron chi connectivity index (χ3n) is 2.29. The SMILES string of the molecule is C=C[C@](S)(CCC)c1cccc(Cl)c1. The summed E-state index contributed by atoms with van der Waals surface area (Å²) >= 11 is 10.6. The van der Waals surface area contributed by atoms with E-state index in [4.69, 9.17) is 11.6 Å². The van der Waals surface area contributed by atoms with Crippen molar-refractivity contribution in [3.63, 3.8) is 0 Å². The molecule has 0 nitrogen and oxygen atoms in total. The Labute approximate surface area is 96.4 Å². The maximum Gasteiger partial charge on any atom is 0.0555 e. The van der Waals surface area contributed by atoms with Crippen molar-refractivity contribution >= 4 is 24.2 Å². The average Bonchev–Trinajstić information content (AvgIpc) is 2.18. The zero-order valence-electron chi connectivity index (χ0n) is 8.33. The Morgan fingerprint density at radius 2 is 2.29 bits per heavy atom. The zero-order chi connectivity index (χ0) is 10.6. The van der Waals surface area contributed by atoms with Crippen molar-refractivity contribution in [2.45, 2.75) is 24.5 Å². The van der Waals surface area contributed by atoms with Crippen LogP contribution < -0.4 is 0 Å². The maximum absolute atomic E-state index is 5.94. The molecule has 0 aliphatic carbocycles. The van der Waals surface area contributed by atoms with Crippen LogP contribution in [0, 0.1) is 0 Å². The van der Waals surface area contributed by atoms with Gasteiger partial charge in [0.2, 0.25) is 0 Å². The van der Waals surface area contributed by atoms with Gasteiger partial charge in [-0.3, -0.25) is 0 Å². The normalized spacial score (nSPS) is 14.8. The van der Waals surface area contributed by atoms with Gasteiger partial charge in [-0.05, 0) is 24.1 Å². The molecule has 0 saturated heterocycles. The van der Waals surface area contributed by atoms with Crippen LogP contribution in [0.4, 0.5) is 0 Å². The summed E-state index contributed by atoms with van der Waals surface area (Å²) in [5, 5.41) is 0.749. The topological polar surface area (TPSA) is 0 Å². The Hall–Kier alpha value is -0.400. The van der Waals surface area contributed by atoms with E-state index >= 15 is 0 Å². The highest BCUT2D eigenvalue weighted by molar-refractivity contribution is 7.81. The standard InChI is InChI=1S/C12H15ClS/c1-3-8-12(14,4-2)10-6-5-7-11(13)9-10/h4-7,9,14H,2-3,8H2,1H3/t12-/m0/s1. The van der Waals surface area contributed by atoms with E-state index < -0.39 is 0 Å². The van der Waals surface area contributed by atoms with Gasteiger partial charge in [0.15, 0.2) is 0 Å². The van der Waals surface area contributed by atoms with Crippen molar-refractivity contribution < 1.29 is 0 Å². The predicted molar refractivity (Wildman–Crippen MR) is 67.2 cm³/mol. The zero-order valence-corrected chi connectivity index (χ0v) is 9.98. The van der Waals surface area contributed by atoms with Gasteiger partial charge in [0, 0.05) is 5.02 Å². The van der Waals surface area contributed by atoms with E-state index in [0.29, 0.717) is 0 Å². The maximum atomic E-state index is 5.94. The molecular formula is C12H15ClS. The third-order valence-corrected chi connectivity index (χ3v) is 3.19. The summed E-state index contributed by atoms with van der Waals surface area (Å²) in [6.07, 6.45) is 3.92. The van der Waals surface area contributed by atoms with Crippen LogP contribution in [0.1, 0.15) is 25.3 Å². The van der Waals surface area contributed by atoms with E-state index in [-0.39, 0.29) is 4.75 Å². The number of rotatable bonds is 4. The summed E-state index contributed by atoms with van der Waals surface area (Å²) in [6.45, 7) is 5.98.